The maximum Gasteiger partial charge on any atom is 0.219 e. The van der Waals surface area contributed by atoms with Crippen LogP contribution in [0.4, 0.5) is 0 Å². The monoisotopic (exact) mass is 438 g/mol. The van der Waals surface area contributed by atoms with Crippen molar-refractivity contribution in [2.75, 3.05) is 20.2 Å². The van der Waals surface area contributed by atoms with Crippen LogP contribution in [0.1, 0.15) is 53.9 Å². The number of halogens is 1. The zero-order valence-electron chi connectivity index (χ0n) is 18.1. The standard InChI is InChI=1S/C22H23ClN6O2/c1-11-19-12(2)27-29(22(19)26-10-25-11)13(3)16-6-18(23)17(7-24)20(21(16)31-5)15-8-28(9-15)14(4)30/h6,10,13,15H,8-9H2,1-5H3. The third-order valence-electron chi connectivity index (χ3n) is 6.02. The number of hydrogen-bond acceptors (Lipinski definition) is 6. The first-order chi connectivity index (χ1) is 14.8. The van der Waals surface area contributed by atoms with Crippen LogP contribution >= 0.6 is 11.6 Å². The minimum Gasteiger partial charge on any atom is -0.496 e. The van der Waals surface area contributed by atoms with Crippen LogP contribution in [0.15, 0.2) is 12.4 Å². The van der Waals surface area contributed by atoms with Crippen LogP contribution in [-0.4, -0.2) is 50.8 Å². The van der Waals surface area contributed by atoms with Gasteiger partial charge in [0, 0.05) is 37.1 Å². The molecular formula is C22H23ClN6O2. The number of rotatable bonds is 4. The molecule has 3 aromatic rings. The summed E-state index contributed by atoms with van der Waals surface area (Å²) in [6, 6.07) is 3.73. The molecule has 31 heavy (non-hydrogen) atoms. The van der Waals surface area contributed by atoms with Crippen LogP contribution in [0.3, 0.4) is 0 Å². The second-order valence-electron chi connectivity index (χ2n) is 7.87. The molecule has 1 aliphatic heterocycles. The number of aromatic nitrogens is 4. The number of methoxy groups -OCH3 is 1. The highest BCUT2D eigenvalue weighted by Gasteiger charge is 2.36. The number of nitrogens with zero attached hydrogens (tertiary/aromatic N) is 6. The second kappa shape index (κ2) is 7.82. The molecule has 9 heteroatoms. The molecule has 1 aliphatic rings. The van der Waals surface area contributed by atoms with Gasteiger partial charge >= 0.3 is 0 Å². The third kappa shape index (κ3) is 3.29. The number of carbonyl (C=O) groups excluding carboxylic acids is 1. The van der Waals surface area contributed by atoms with Crippen LogP contribution in [0.2, 0.25) is 5.02 Å². The summed E-state index contributed by atoms with van der Waals surface area (Å²) in [5, 5.41) is 15.8. The Bertz CT molecular complexity index is 1240. The fourth-order valence-electron chi connectivity index (χ4n) is 4.35. The van der Waals surface area contributed by atoms with Crippen LogP contribution in [0, 0.1) is 25.2 Å². The second-order valence-corrected chi connectivity index (χ2v) is 8.27. The van der Waals surface area contributed by atoms with Gasteiger partial charge in [-0.15, -0.1) is 0 Å². The number of nitriles is 1. The smallest absolute Gasteiger partial charge is 0.219 e. The van der Waals surface area contributed by atoms with Gasteiger partial charge in [0.2, 0.25) is 5.91 Å². The molecule has 1 aromatic carbocycles. The molecule has 160 valence electrons. The highest BCUT2D eigenvalue weighted by Crippen LogP contribution is 2.44. The Morgan fingerprint density at radius 3 is 2.65 bits per heavy atom. The van der Waals surface area contributed by atoms with Gasteiger partial charge in [-0.05, 0) is 26.8 Å². The fourth-order valence-corrected chi connectivity index (χ4v) is 4.61. The number of benzene rings is 1. The molecule has 4 rings (SSSR count). The quantitative estimate of drug-likeness (QED) is 0.618. The molecule has 8 nitrogen and oxygen atoms in total. The number of amides is 1. The number of aryl methyl sites for hydroxylation is 2. The van der Waals surface area contributed by atoms with Crippen LogP contribution in [-0.2, 0) is 4.79 Å². The van der Waals surface area contributed by atoms with Crippen molar-refractivity contribution in [3.63, 3.8) is 0 Å². The average molecular weight is 439 g/mol. The van der Waals surface area contributed by atoms with E-state index in [9.17, 15) is 10.1 Å². The Morgan fingerprint density at radius 2 is 2.03 bits per heavy atom. The summed E-state index contributed by atoms with van der Waals surface area (Å²) in [5.74, 6) is 0.602. The van der Waals surface area contributed by atoms with Crippen molar-refractivity contribution in [2.24, 2.45) is 0 Å². The minimum absolute atomic E-state index is 0.0119. The summed E-state index contributed by atoms with van der Waals surface area (Å²) >= 11 is 6.55. The maximum absolute atomic E-state index is 11.7. The van der Waals surface area contributed by atoms with Crippen molar-refractivity contribution in [1.82, 2.24) is 24.6 Å². The van der Waals surface area contributed by atoms with E-state index >= 15 is 0 Å². The minimum atomic E-state index is -0.256. The number of fused-ring (bicyclic) bond motifs is 1. The molecule has 1 fully saturated rings. The first-order valence-electron chi connectivity index (χ1n) is 10.0. The number of ether oxygens (including phenoxy) is 1. The van der Waals surface area contributed by atoms with Gasteiger partial charge in [-0.25, -0.2) is 14.6 Å². The van der Waals surface area contributed by atoms with Gasteiger partial charge < -0.3 is 9.64 Å². The lowest BCUT2D eigenvalue weighted by Gasteiger charge is -2.40. The van der Waals surface area contributed by atoms with Gasteiger partial charge in [0.1, 0.15) is 18.1 Å². The van der Waals surface area contributed by atoms with E-state index < -0.39 is 0 Å². The summed E-state index contributed by atoms with van der Waals surface area (Å²) in [5.41, 5.74) is 4.38. The highest BCUT2D eigenvalue weighted by atomic mass is 35.5. The predicted molar refractivity (Wildman–Crippen MR) is 116 cm³/mol. The molecular weight excluding hydrogens is 416 g/mol. The van der Waals surface area contributed by atoms with E-state index in [0.29, 0.717) is 29.4 Å². The SMILES string of the molecule is COc1c(C(C)n2nc(C)c3c(C)ncnc32)cc(Cl)c(C#N)c1C1CN(C(C)=O)C1. The van der Waals surface area contributed by atoms with Gasteiger partial charge in [0.25, 0.3) is 0 Å². The molecule has 0 saturated carbocycles. The number of likely N-dealkylation sites (tertiary alicyclic amines) is 1. The summed E-state index contributed by atoms with van der Waals surface area (Å²) in [6.07, 6.45) is 1.53. The molecule has 2 aromatic heterocycles. The van der Waals surface area contributed by atoms with Crippen LogP contribution < -0.4 is 4.74 Å². The highest BCUT2D eigenvalue weighted by molar-refractivity contribution is 6.32. The molecule has 0 bridgehead atoms. The van der Waals surface area contributed by atoms with E-state index in [2.05, 4.69) is 16.0 Å². The molecule has 0 radical (unpaired) electrons. The Labute approximate surface area is 185 Å². The maximum atomic E-state index is 11.7. The fraction of sp³-hybridized carbons (Fsp3) is 0.409. The lowest BCUT2D eigenvalue weighted by atomic mass is 9.85. The van der Waals surface area contributed by atoms with Crippen LogP contribution in [0.25, 0.3) is 11.0 Å². The van der Waals surface area contributed by atoms with Gasteiger partial charge in [-0.1, -0.05) is 11.6 Å². The van der Waals surface area contributed by atoms with Crippen molar-refractivity contribution < 1.29 is 9.53 Å². The summed E-state index contributed by atoms with van der Waals surface area (Å²) < 4.78 is 7.66. The summed E-state index contributed by atoms with van der Waals surface area (Å²) in [7, 11) is 1.59. The largest absolute Gasteiger partial charge is 0.496 e. The zero-order valence-corrected chi connectivity index (χ0v) is 18.9. The van der Waals surface area contributed by atoms with E-state index in [1.54, 1.807) is 25.0 Å². The Balaban J connectivity index is 1.87. The average Bonchev–Trinajstić information content (AvgIpc) is 3.03. The first-order valence-corrected chi connectivity index (χ1v) is 10.4. The van der Waals surface area contributed by atoms with Gasteiger partial charge in [0.15, 0.2) is 5.65 Å². The predicted octanol–water partition coefficient (Wildman–Crippen LogP) is 3.53. The Kier molecular flexibility index (Phi) is 5.31. The van der Waals surface area contributed by atoms with Crippen molar-refractivity contribution in [3.05, 3.63) is 45.5 Å². The molecule has 0 aliphatic carbocycles. The lowest BCUT2D eigenvalue weighted by molar-refractivity contribution is -0.133. The molecule has 0 N–H and O–H groups in total. The lowest BCUT2D eigenvalue weighted by Crippen LogP contribution is -2.47. The van der Waals surface area contributed by atoms with Crippen molar-refractivity contribution in [2.45, 2.75) is 39.7 Å². The summed E-state index contributed by atoms with van der Waals surface area (Å²) in [6.45, 7) is 8.47. The zero-order chi connectivity index (χ0) is 22.4. The first kappa shape index (κ1) is 21.1. The Hall–Kier alpha value is -3.18. The van der Waals surface area contributed by atoms with Crippen molar-refractivity contribution in [1.29, 1.82) is 5.26 Å². The molecule has 3 heterocycles. The van der Waals surface area contributed by atoms with Crippen molar-refractivity contribution >= 4 is 28.5 Å². The normalized spacial score (nSPS) is 14.9. The van der Waals surface area contributed by atoms with Gasteiger partial charge in [-0.3, -0.25) is 4.79 Å². The van der Waals surface area contributed by atoms with Gasteiger partial charge in [0.05, 0.1) is 40.5 Å². The van der Waals surface area contributed by atoms with E-state index in [1.165, 1.54) is 6.33 Å². The number of hydrogen-bond donors (Lipinski definition) is 0. The van der Waals surface area contributed by atoms with E-state index in [-0.39, 0.29) is 17.9 Å². The third-order valence-corrected chi connectivity index (χ3v) is 6.32. The van der Waals surface area contributed by atoms with E-state index in [0.717, 1.165) is 33.5 Å². The van der Waals surface area contributed by atoms with Gasteiger partial charge in [-0.2, -0.15) is 10.4 Å². The molecule has 1 saturated heterocycles. The van der Waals surface area contributed by atoms with Crippen LogP contribution in [0.5, 0.6) is 5.75 Å². The molecule has 1 atom stereocenters. The number of carbonyl (C=O) groups is 1. The molecule has 0 spiro atoms. The van der Waals surface area contributed by atoms with E-state index in [1.807, 2.05) is 25.5 Å². The topological polar surface area (TPSA) is 96.9 Å². The Morgan fingerprint density at radius 1 is 1.32 bits per heavy atom. The molecule has 1 unspecified atom stereocenters. The van der Waals surface area contributed by atoms with E-state index in [4.69, 9.17) is 21.4 Å². The molecule has 1 amide bonds. The van der Waals surface area contributed by atoms with Crippen molar-refractivity contribution in [3.8, 4) is 11.8 Å². The summed E-state index contributed by atoms with van der Waals surface area (Å²) in [4.78, 5) is 22.1.